The highest BCUT2D eigenvalue weighted by atomic mass is 16.5. The first-order valence-electron chi connectivity index (χ1n) is 10.5. The molecule has 0 bridgehead atoms. The Balaban J connectivity index is 1.76. The number of methoxy groups -OCH3 is 1. The first-order valence-corrected chi connectivity index (χ1v) is 10.5. The van der Waals surface area contributed by atoms with Crippen molar-refractivity contribution in [1.82, 2.24) is 0 Å². The summed E-state index contributed by atoms with van der Waals surface area (Å²) in [6.07, 6.45) is 0.725. The summed E-state index contributed by atoms with van der Waals surface area (Å²) in [4.78, 5) is 12.8. The summed E-state index contributed by atoms with van der Waals surface area (Å²) in [6, 6.07) is 29.6. The Morgan fingerprint density at radius 3 is 2.06 bits per heavy atom. The van der Waals surface area contributed by atoms with Crippen LogP contribution >= 0.6 is 0 Å². The Bertz CT molecular complexity index is 1130. The third-order valence-corrected chi connectivity index (χ3v) is 5.57. The van der Waals surface area contributed by atoms with Crippen molar-refractivity contribution < 1.29 is 13.9 Å². The van der Waals surface area contributed by atoms with Crippen LogP contribution in [0, 0.1) is 6.92 Å². The van der Waals surface area contributed by atoms with E-state index < -0.39 is 0 Å². The highest BCUT2D eigenvalue weighted by molar-refractivity contribution is 5.96. The first-order chi connectivity index (χ1) is 15.2. The Hall–Kier alpha value is -3.43. The summed E-state index contributed by atoms with van der Waals surface area (Å²) < 4.78 is 12.2. The standard InChI is InChI=1S/C28H26O3/c1-20-26(28(30-2)23-16-10-5-11-17-23)24(27(31-20)22-14-8-4-9-15-22)18-19-25(29)21-12-6-3-7-13-21/h3-17,28H,18-19H2,1-2H3. The lowest BCUT2D eigenvalue weighted by Crippen LogP contribution is -2.08. The number of hydrogen-bond donors (Lipinski definition) is 0. The lowest BCUT2D eigenvalue weighted by atomic mass is 9.92. The maximum Gasteiger partial charge on any atom is 0.163 e. The van der Waals surface area contributed by atoms with Gasteiger partial charge in [-0.25, -0.2) is 0 Å². The van der Waals surface area contributed by atoms with Gasteiger partial charge in [0.25, 0.3) is 0 Å². The lowest BCUT2D eigenvalue weighted by molar-refractivity contribution is 0.0982. The van der Waals surface area contributed by atoms with Gasteiger partial charge in [-0.1, -0.05) is 91.0 Å². The van der Waals surface area contributed by atoms with E-state index in [0.717, 1.165) is 39.3 Å². The number of hydrogen-bond acceptors (Lipinski definition) is 3. The highest BCUT2D eigenvalue weighted by Gasteiger charge is 2.27. The average molecular weight is 411 g/mol. The SMILES string of the molecule is COC(c1ccccc1)c1c(C)oc(-c2ccccc2)c1CCC(=O)c1ccccc1. The number of benzene rings is 3. The molecule has 0 N–H and O–H groups in total. The van der Waals surface area contributed by atoms with Crippen LogP contribution in [0.25, 0.3) is 11.3 Å². The van der Waals surface area contributed by atoms with E-state index in [9.17, 15) is 4.79 Å². The van der Waals surface area contributed by atoms with Crippen LogP contribution in [0.2, 0.25) is 0 Å². The zero-order chi connectivity index (χ0) is 21.6. The monoisotopic (exact) mass is 410 g/mol. The van der Waals surface area contributed by atoms with Crippen LogP contribution in [0.1, 0.15) is 45.3 Å². The van der Waals surface area contributed by atoms with E-state index in [1.54, 1.807) is 7.11 Å². The Morgan fingerprint density at radius 2 is 1.45 bits per heavy atom. The number of ketones is 1. The molecule has 0 aliphatic carbocycles. The molecule has 0 saturated heterocycles. The average Bonchev–Trinajstić information content (AvgIpc) is 3.16. The maximum atomic E-state index is 12.8. The van der Waals surface area contributed by atoms with Gasteiger partial charge in [0.2, 0.25) is 0 Å². The van der Waals surface area contributed by atoms with Crippen molar-refractivity contribution in [1.29, 1.82) is 0 Å². The molecule has 156 valence electrons. The molecule has 1 aromatic heterocycles. The molecule has 0 radical (unpaired) electrons. The molecule has 0 amide bonds. The molecule has 3 aromatic carbocycles. The Kier molecular flexibility index (Phi) is 6.44. The largest absolute Gasteiger partial charge is 0.461 e. The van der Waals surface area contributed by atoms with Crippen molar-refractivity contribution in [3.05, 3.63) is 119 Å². The van der Waals surface area contributed by atoms with E-state index in [1.165, 1.54) is 0 Å². The molecule has 1 heterocycles. The summed E-state index contributed by atoms with van der Waals surface area (Å²) in [7, 11) is 1.71. The van der Waals surface area contributed by atoms with Crippen LogP contribution in [0.15, 0.2) is 95.4 Å². The molecule has 3 nitrogen and oxygen atoms in total. The molecule has 3 heteroatoms. The Labute approximate surface area is 183 Å². The van der Waals surface area contributed by atoms with E-state index in [1.807, 2.05) is 85.8 Å². The van der Waals surface area contributed by atoms with Crippen molar-refractivity contribution in [2.75, 3.05) is 7.11 Å². The first kappa shape index (κ1) is 20.8. The van der Waals surface area contributed by atoms with Crippen LogP contribution in [-0.4, -0.2) is 12.9 Å². The molecular formula is C28H26O3. The number of aryl methyl sites for hydroxylation is 1. The van der Waals surface area contributed by atoms with Gasteiger partial charge < -0.3 is 9.15 Å². The quantitative estimate of drug-likeness (QED) is 0.300. The maximum absolute atomic E-state index is 12.8. The zero-order valence-electron chi connectivity index (χ0n) is 17.9. The second-order valence-electron chi connectivity index (χ2n) is 7.56. The van der Waals surface area contributed by atoms with Crippen molar-refractivity contribution in [3.63, 3.8) is 0 Å². The molecule has 4 aromatic rings. The van der Waals surface area contributed by atoms with Crippen molar-refractivity contribution in [3.8, 4) is 11.3 Å². The van der Waals surface area contributed by atoms with Crippen molar-refractivity contribution in [2.45, 2.75) is 25.9 Å². The van der Waals surface area contributed by atoms with Crippen LogP contribution in [0.3, 0.4) is 0 Å². The number of carbonyl (C=O) groups is 1. The number of carbonyl (C=O) groups excluding carboxylic acids is 1. The van der Waals surface area contributed by atoms with Crippen LogP contribution < -0.4 is 0 Å². The van der Waals surface area contributed by atoms with Gasteiger partial charge in [-0.15, -0.1) is 0 Å². The van der Waals surface area contributed by atoms with Crippen molar-refractivity contribution in [2.24, 2.45) is 0 Å². The van der Waals surface area contributed by atoms with E-state index in [0.29, 0.717) is 12.8 Å². The van der Waals surface area contributed by atoms with Crippen LogP contribution in [0.5, 0.6) is 0 Å². The molecular weight excluding hydrogens is 384 g/mol. The summed E-state index contributed by atoms with van der Waals surface area (Å²) >= 11 is 0. The minimum atomic E-state index is -0.260. The number of rotatable bonds is 8. The predicted molar refractivity (Wildman–Crippen MR) is 123 cm³/mol. The minimum absolute atomic E-state index is 0.123. The molecule has 0 spiro atoms. The number of Topliss-reactive ketones (excluding diaryl/α,β-unsaturated/α-hetero) is 1. The van der Waals surface area contributed by atoms with Gasteiger partial charge in [0.15, 0.2) is 5.78 Å². The van der Waals surface area contributed by atoms with Crippen LogP contribution in [-0.2, 0) is 11.2 Å². The fraction of sp³-hybridized carbons (Fsp3) is 0.179. The topological polar surface area (TPSA) is 39.4 Å². The fourth-order valence-corrected chi connectivity index (χ4v) is 4.07. The fourth-order valence-electron chi connectivity index (χ4n) is 4.07. The number of ether oxygens (including phenoxy) is 1. The van der Waals surface area contributed by atoms with Gasteiger partial charge in [-0.3, -0.25) is 4.79 Å². The normalized spacial score (nSPS) is 11.9. The molecule has 1 unspecified atom stereocenters. The van der Waals surface area contributed by atoms with Gasteiger partial charge in [0.1, 0.15) is 17.6 Å². The zero-order valence-corrected chi connectivity index (χ0v) is 17.9. The predicted octanol–water partition coefficient (Wildman–Crippen LogP) is 6.81. The lowest BCUT2D eigenvalue weighted by Gasteiger charge is -2.18. The second kappa shape index (κ2) is 9.59. The number of furan rings is 1. The van der Waals surface area contributed by atoms with E-state index in [2.05, 4.69) is 12.1 Å². The van der Waals surface area contributed by atoms with E-state index >= 15 is 0 Å². The van der Waals surface area contributed by atoms with Gasteiger partial charge >= 0.3 is 0 Å². The molecule has 0 saturated carbocycles. The van der Waals surface area contributed by atoms with E-state index in [4.69, 9.17) is 9.15 Å². The molecule has 31 heavy (non-hydrogen) atoms. The Morgan fingerprint density at radius 1 is 0.871 bits per heavy atom. The minimum Gasteiger partial charge on any atom is -0.461 e. The summed E-state index contributed by atoms with van der Waals surface area (Å²) in [5.74, 6) is 1.75. The van der Waals surface area contributed by atoms with Crippen LogP contribution in [0.4, 0.5) is 0 Å². The second-order valence-corrected chi connectivity index (χ2v) is 7.56. The molecule has 0 aliphatic rings. The summed E-state index contributed by atoms with van der Waals surface area (Å²) in [5.41, 5.74) is 4.83. The van der Waals surface area contributed by atoms with Gasteiger partial charge in [-0.2, -0.15) is 0 Å². The highest BCUT2D eigenvalue weighted by Crippen LogP contribution is 2.39. The molecule has 0 fully saturated rings. The summed E-state index contributed by atoms with van der Waals surface area (Å²) in [5, 5.41) is 0. The molecule has 1 atom stereocenters. The smallest absolute Gasteiger partial charge is 0.163 e. The molecule has 0 aliphatic heterocycles. The molecule has 4 rings (SSSR count). The summed E-state index contributed by atoms with van der Waals surface area (Å²) in [6.45, 7) is 1.97. The van der Waals surface area contributed by atoms with Gasteiger partial charge in [0, 0.05) is 35.8 Å². The van der Waals surface area contributed by atoms with Crippen molar-refractivity contribution >= 4 is 5.78 Å². The third-order valence-electron chi connectivity index (χ3n) is 5.57. The van der Waals surface area contributed by atoms with E-state index in [-0.39, 0.29) is 11.9 Å². The third kappa shape index (κ3) is 4.52. The van der Waals surface area contributed by atoms with Gasteiger partial charge in [0.05, 0.1) is 0 Å². The van der Waals surface area contributed by atoms with Gasteiger partial charge in [-0.05, 0) is 18.9 Å².